The molecule has 0 spiro atoms. The van der Waals surface area contributed by atoms with Crippen LogP contribution < -0.4 is 0 Å². The van der Waals surface area contributed by atoms with Crippen molar-refractivity contribution >= 4 is 10.0 Å². The minimum atomic E-state index is -3.27. The van der Waals surface area contributed by atoms with Crippen LogP contribution in [0, 0.1) is 0 Å². The summed E-state index contributed by atoms with van der Waals surface area (Å²) in [6, 6.07) is 8.74. The maximum absolute atomic E-state index is 12.4. The van der Waals surface area contributed by atoms with Crippen molar-refractivity contribution in [1.29, 1.82) is 0 Å². The Labute approximate surface area is 104 Å². The molecule has 94 valence electrons. The second kappa shape index (κ2) is 5.65. The van der Waals surface area contributed by atoms with Crippen LogP contribution in [0.25, 0.3) is 0 Å². The quantitative estimate of drug-likeness (QED) is 0.812. The van der Waals surface area contributed by atoms with E-state index in [-0.39, 0.29) is 0 Å². The van der Waals surface area contributed by atoms with E-state index in [2.05, 4.69) is 0 Å². The Bertz CT molecular complexity index is 434. The number of sulfonamides is 1. The summed E-state index contributed by atoms with van der Waals surface area (Å²) < 4.78 is 26.4. The largest absolute Gasteiger partial charge is 0.243 e. The lowest BCUT2D eigenvalue weighted by molar-refractivity contribution is 0.364. The molecule has 1 fully saturated rings. The molecule has 2 rings (SSSR count). The van der Waals surface area contributed by atoms with E-state index in [1.54, 1.807) is 28.6 Å². The molecule has 0 atom stereocenters. The highest BCUT2D eigenvalue weighted by Crippen LogP contribution is 2.19. The third-order valence-corrected chi connectivity index (χ3v) is 5.11. The Balaban J connectivity index is 2.19. The van der Waals surface area contributed by atoms with E-state index in [0.717, 1.165) is 25.7 Å². The molecule has 0 unspecified atom stereocenters. The van der Waals surface area contributed by atoms with Gasteiger partial charge in [0, 0.05) is 13.1 Å². The molecule has 17 heavy (non-hydrogen) atoms. The fourth-order valence-corrected chi connectivity index (χ4v) is 3.74. The maximum Gasteiger partial charge on any atom is 0.243 e. The van der Waals surface area contributed by atoms with Crippen LogP contribution in [0.4, 0.5) is 0 Å². The Hall–Kier alpha value is -0.870. The van der Waals surface area contributed by atoms with Gasteiger partial charge in [-0.15, -0.1) is 0 Å². The minimum absolute atomic E-state index is 0.417. The lowest BCUT2D eigenvalue weighted by Crippen LogP contribution is -2.33. The van der Waals surface area contributed by atoms with Gasteiger partial charge in [0.15, 0.2) is 0 Å². The smallest absolute Gasteiger partial charge is 0.207 e. The van der Waals surface area contributed by atoms with Crippen LogP contribution >= 0.6 is 0 Å². The molecule has 1 aromatic rings. The van der Waals surface area contributed by atoms with Gasteiger partial charge in [-0.1, -0.05) is 37.5 Å². The molecular weight excluding hydrogens is 234 g/mol. The predicted octanol–water partition coefficient (Wildman–Crippen LogP) is 2.64. The second-order valence-electron chi connectivity index (χ2n) is 4.48. The number of benzene rings is 1. The van der Waals surface area contributed by atoms with Gasteiger partial charge in [-0.2, -0.15) is 4.31 Å². The second-order valence-corrected chi connectivity index (χ2v) is 6.42. The molecule has 1 aromatic carbocycles. The summed E-state index contributed by atoms with van der Waals surface area (Å²) in [5.41, 5.74) is 0. The van der Waals surface area contributed by atoms with E-state index in [4.69, 9.17) is 0 Å². The van der Waals surface area contributed by atoms with Crippen LogP contribution in [0.1, 0.15) is 32.1 Å². The zero-order valence-electron chi connectivity index (χ0n) is 10.0. The van der Waals surface area contributed by atoms with Crippen molar-refractivity contribution < 1.29 is 8.42 Å². The molecule has 0 saturated carbocycles. The molecule has 0 aromatic heterocycles. The molecular formula is C13H19NO2S. The third-order valence-electron chi connectivity index (χ3n) is 3.20. The molecule has 0 radical (unpaired) electrons. The van der Waals surface area contributed by atoms with Gasteiger partial charge in [0.1, 0.15) is 0 Å². The average Bonchev–Trinajstić information content (AvgIpc) is 2.29. The highest BCUT2D eigenvalue weighted by molar-refractivity contribution is 7.89. The van der Waals surface area contributed by atoms with Crippen LogP contribution in [-0.2, 0) is 10.0 Å². The lowest BCUT2D eigenvalue weighted by atomic mass is 10.1. The summed E-state index contributed by atoms with van der Waals surface area (Å²) in [6.45, 7) is 1.33. The van der Waals surface area contributed by atoms with Crippen molar-refractivity contribution in [2.75, 3.05) is 13.1 Å². The predicted molar refractivity (Wildman–Crippen MR) is 68.3 cm³/mol. The van der Waals surface area contributed by atoms with Gasteiger partial charge in [-0.25, -0.2) is 8.42 Å². The fraction of sp³-hybridized carbons (Fsp3) is 0.538. The van der Waals surface area contributed by atoms with E-state index in [1.807, 2.05) is 6.07 Å². The summed E-state index contributed by atoms with van der Waals surface area (Å²) in [4.78, 5) is 0.417. The van der Waals surface area contributed by atoms with Gasteiger partial charge >= 0.3 is 0 Å². The molecule has 1 aliphatic heterocycles. The fourth-order valence-electron chi connectivity index (χ4n) is 2.20. The maximum atomic E-state index is 12.4. The van der Waals surface area contributed by atoms with Crippen LogP contribution in [0.3, 0.4) is 0 Å². The Morgan fingerprint density at radius 3 is 1.94 bits per heavy atom. The number of hydrogen-bond acceptors (Lipinski definition) is 2. The van der Waals surface area contributed by atoms with Crippen molar-refractivity contribution in [3.8, 4) is 0 Å². The van der Waals surface area contributed by atoms with Gasteiger partial charge in [0.25, 0.3) is 0 Å². The molecule has 0 bridgehead atoms. The van der Waals surface area contributed by atoms with Crippen LogP contribution in [-0.4, -0.2) is 25.8 Å². The first-order valence-corrected chi connectivity index (χ1v) is 7.70. The van der Waals surface area contributed by atoms with E-state index < -0.39 is 10.0 Å². The van der Waals surface area contributed by atoms with Crippen molar-refractivity contribution in [3.63, 3.8) is 0 Å². The van der Waals surface area contributed by atoms with Gasteiger partial charge in [0.05, 0.1) is 4.90 Å². The van der Waals surface area contributed by atoms with E-state index >= 15 is 0 Å². The third kappa shape index (κ3) is 3.07. The Morgan fingerprint density at radius 2 is 1.35 bits per heavy atom. The van der Waals surface area contributed by atoms with E-state index in [9.17, 15) is 8.42 Å². The first-order chi connectivity index (χ1) is 8.21. The topological polar surface area (TPSA) is 37.4 Å². The first-order valence-electron chi connectivity index (χ1n) is 6.26. The van der Waals surface area contributed by atoms with E-state index in [1.165, 1.54) is 6.42 Å². The normalized spacial score (nSPS) is 19.5. The summed E-state index contributed by atoms with van der Waals surface area (Å²) in [5.74, 6) is 0. The van der Waals surface area contributed by atoms with Gasteiger partial charge < -0.3 is 0 Å². The van der Waals surface area contributed by atoms with Crippen LogP contribution in [0.5, 0.6) is 0 Å². The van der Waals surface area contributed by atoms with Crippen molar-refractivity contribution in [1.82, 2.24) is 4.31 Å². The van der Waals surface area contributed by atoms with Crippen molar-refractivity contribution in [3.05, 3.63) is 30.3 Å². The molecule has 0 amide bonds. The molecule has 3 nitrogen and oxygen atoms in total. The summed E-state index contributed by atoms with van der Waals surface area (Å²) in [7, 11) is -3.27. The van der Waals surface area contributed by atoms with Crippen molar-refractivity contribution in [2.45, 2.75) is 37.0 Å². The molecule has 0 N–H and O–H groups in total. The minimum Gasteiger partial charge on any atom is -0.207 e. The summed E-state index contributed by atoms with van der Waals surface area (Å²) in [6.07, 6.45) is 5.47. The molecule has 1 saturated heterocycles. The Kier molecular flexibility index (Phi) is 4.18. The monoisotopic (exact) mass is 253 g/mol. The van der Waals surface area contributed by atoms with E-state index in [0.29, 0.717) is 18.0 Å². The SMILES string of the molecule is O=S(=O)(c1ccccc1)N1CCCCCCC1. The summed E-state index contributed by atoms with van der Waals surface area (Å²) in [5, 5.41) is 0. The van der Waals surface area contributed by atoms with Crippen LogP contribution in [0.15, 0.2) is 35.2 Å². The Morgan fingerprint density at radius 1 is 0.824 bits per heavy atom. The molecule has 0 aliphatic carbocycles. The zero-order valence-corrected chi connectivity index (χ0v) is 10.8. The lowest BCUT2D eigenvalue weighted by Gasteiger charge is -2.24. The van der Waals surface area contributed by atoms with Crippen molar-refractivity contribution in [2.24, 2.45) is 0 Å². The van der Waals surface area contributed by atoms with Gasteiger partial charge in [-0.05, 0) is 25.0 Å². The molecule has 4 heteroatoms. The standard InChI is InChI=1S/C13H19NO2S/c15-17(16,13-9-5-4-6-10-13)14-11-7-2-1-3-8-12-14/h4-6,9-10H,1-3,7-8,11-12H2. The highest BCUT2D eigenvalue weighted by atomic mass is 32.2. The molecule has 1 heterocycles. The number of rotatable bonds is 2. The molecule has 1 aliphatic rings. The van der Waals surface area contributed by atoms with Gasteiger partial charge in [0.2, 0.25) is 10.0 Å². The van der Waals surface area contributed by atoms with Gasteiger partial charge in [-0.3, -0.25) is 0 Å². The number of nitrogens with zero attached hydrogens (tertiary/aromatic N) is 1. The first kappa shape index (κ1) is 12.6. The zero-order chi connectivity index (χ0) is 12.1. The van der Waals surface area contributed by atoms with Crippen LogP contribution in [0.2, 0.25) is 0 Å². The summed E-state index contributed by atoms with van der Waals surface area (Å²) >= 11 is 0. The highest BCUT2D eigenvalue weighted by Gasteiger charge is 2.23. The number of hydrogen-bond donors (Lipinski definition) is 0. The average molecular weight is 253 g/mol.